The van der Waals surface area contributed by atoms with Crippen LogP contribution < -0.4 is 5.32 Å². The van der Waals surface area contributed by atoms with Crippen molar-refractivity contribution in [1.82, 2.24) is 19.7 Å². The van der Waals surface area contributed by atoms with E-state index in [1.54, 1.807) is 16.7 Å². The summed E-state index contributed by atoms with van der Waals surface area (Å²) in [6.45, 7) is 2.63. The van der Waals surface area contributed by atoms with Crippen LogP contribution in [0.5, 0.6) is 0 Å². The molecule has 2 bridgehead atoms. The summed E-state index contributed by atoms with van der Waals surface area (Å²) in [4.78, 5) is 46.2. The lowest BCUT2D eigenvalue weighted by Gasteiger charge is -2.37. The van der Waals surface area contributed by atoms with Crippen molar-refractivity contribution in [3.05, 3.63) is 59.4 Å². The first-order valence-electron chi connectivity index (χ1n) is 12.7. The second-order valence-electron chi connectivity index (χ2n) is 10.2. The summed E-state index contributed by atoms with van der Waals surface area (Å²) >= 11 is 5.13. The predicted molar refractivity (Wildman–Crippen MR) is 148 cm³/mol. The molecular weight excluding hydrogens is 522 g/mol. The zero-order chi connectivity index (χ0) is 28.2. The van der Waals surface area contributed by atoms with E-state index >= 15 is 0 Å². The molecule has 4 rings (SSSR count). The first-order valence-corrected chi connectivity index (χ1v) is 13.1. The van der Waals surface area contributed by atoms with Crippen LogP contribution in [0.4, 0.5) is 5.69 Å². The van der Waals surface area contributed by atoms with Gasteiger partial charge in [0, 0.05) is 49.9 Å². The van der Waals surface area contributed by atoms with Crippen molar-refractivity contribution in [2.24, 2.45) is 0 Å². The summed E-state index contributed by atoms with van der Waals surface area (Å²) in [5.74, 6) is -2.98. The SMILES string of the molecule is CC(=S)Nc1ccc([C@@H]2C[C@]23CN(CC(=O)O)CCN(CC(=O)O)Cc2cccc(n2)CN3CC(=O)O)cc1. The lowest BCUT2D eigenvalue weighted by Crippen LogP contribution is -2.51. The van der Waals surface area contributed by atoms with Crippen molar-refractivity contribution in [2.75, 3.05) is 44.6 Å². The first-order chi connectivity index (χ1) is 18.5. The fourth-order valence-electron chi connectivity index (χ4n) is 5.49. The van der Waals surface area contributed by atoms with Crippen LogP contribution in [-0.2, 0) is 27.5 Å². The van der Waals surface area contributed by atoms with E-state index in [0.29, 0.717) is 42.4 Å². The third kappa shape index (κ3) is 7.57. The highest BCUT2D eigenvalue weighted by Gasteiger charge is 2.59. The standard InChI is InChI=1S/C27H33N5O6S/c1-18(39)28-20-7-5-19(6-8-20)23-11-27(23)17-31(15-25(35)36)10-9-30(14-24(33)34)12-21-3-2-4-22(29-21)13-32(27)16-26(37)38/h2-8,23H,9-17H2,1H3,(H,28,39)(H,33,34)(H,35,36)(H,37,38)/t23-,27-/m0/s1. The van der Waals surface area contributed by atoms with Gasteiger partial charge in [-0.1, -0.05) is 30.4 Å². The molecule has 1 saturated carbocycles. The number of aliphatic carboxylic acids is 3. The van der Waals surface area contributed by atoms with E-state index < -0.39 is 23.4 Å². The van der Waals surface area contributed by atoms with E-state index in [0.717, 1.165) is 11.3 Å². The fraction of sp³-hybridized carbons (Fsp3) is 0.444. The molecular formula is C27H33N5O6S. The van der Waals surface area contributed by atoms with E-state index in [1.807, 2.05) is 47.4 Å². The topological polar surface area (TPSA) is 147 Å². The largest absolute Gasteiger partial charge is 0.480 e. The Labute approximate surface area is 232 Å². The number of rotatable bonds is 8. The fourth-order valence-corrected chi connectivity index (χ4v) is 5.61. The summed E-state index contributed by atoms with van der Waals surface area (Å²) in [6.07, 6.45) is 0.647. The van der Waals surface area contributed by atoms with Gasteiger partial charge in [-0.2, -0.15) is 0 Å². The van der Waals surface area contributed by atoms with Gasteiger partial charge in [0.1, 0.15) is 0 Å². The summed E-state index contributed by atoms with van der Waals surface area (Å²) in [5, 5.41) is 32.1. The monoisotopic (exact) mass is 555 g/mol. The number of pyridine rings is 1. The van der Waals surface area contributed by atoms with E-state index in [4.69, 9.17) is 17.2 Å². The molecule has 1 aliphatic carbocycles. The normalized spacial score (nSPS) is 22.4. The quantitative estimate of drug-likeness (QED) is 0.353. The first kappa shape index (κ1) is 28.6. The minimum atomic E-state index is -0.998. The average molecular weight is 556 g/mol. The molecule has 1 aliphatic heterocycles. The van der Waals surface area contributed by atoms with Crippen LogP contribution in [0.2, 0.25) is 0 Å². The number of carboxylic acid groups (broad SMARTS) is 3. The van der Waals surface area contributed by atoms with E-state index in [9.17, 15) is 29.7 Å². The van der Waals surface area contributed by atoms with Crippen molar-refractivity contribution in [3.8, 4) is 0 Å². The van der Waals surface area contributed by atoms with Gasteiger partial charge in [-0.05, 0) is 43.2 Å². The molecule has 208 valence electrons. The third-order valence-corrected chi connectivity index (χ3v) is 7.29. The number of fused-ring (bicyclic) bond motifs is 2. The molecule has 2 aromatic rings. The second kappa shape index (κ2) is 12.2. The molecule has 4 N–H and O–H groups in total. The highest BCUT2D eigenvalue weighted by molar-refractivity contribution is 7.80. The van der Waals surface area contributed by atoms with E-state index in [1.165, 1.54) is 0 Å². The zero-order valence-corrected chi connectivity index (χ0v) is 22.6. The lowest BCUT2D eigenvalue weighted by atomic mass is 10.0. The molecule has 11 nitrogen and oxygen atoms in total. The second-order valence-corrected chi connectivity index (χ2v) is 10.9. The minimum absolute atomic E-state index is 0.0305. The van der Waals surface area contributed by atoms with Crippen LogP contribution >= 0.6 is 12.2 Å². The van der Waals surface area contributed by atoms with Crippen LogP contribution in [0.25, 0.3) is 0 Å². The molecule has 1 aromatic heterocycles. The Hall–Kier alpha value is -3.45. The summed E-state index contributed by atoms with van der Waals surface area (Å²) in [6, 6.07) is 13.3. The Morgan fingerprint density at radius 2 is 1.51 bits per heavy atom. The van der Waals surface area contributed by atoms with Gasteiger partial charge in [0.15, 0.2) is 0 Å². The van der Waals surface area contributed by atoms with Gasteiger partial charge < -0.3 is 20.6 Å². The molecule has 2 heterocycles. The van der Waals surface area contributed by atoms with Gasteiger partial charge in [0.05, 0.1) is 36.0 Å². The Morgan fingerprint density at radius 3 is 2.13 bits per heavy atom. The number of benzene rings is 1. The predicted octanol–water partition coefficient (Wildman–Crippen LogP) is 1.94. The van der Waals surface area contributed by atoms with Gasteiger partial charge in [-0.3, -0.25) is 34.1 Å². The third-order valence-electron chi connectivity index (χ3n) is 7.19. The van der Waals surface area contributed by atoms with Crippen LogP contribution in [-0.4, -0.2) is 103 Å². The van der Waals surface area contributed by atoms with Gasteiger partial charge in [0.25, 0.3) is 0 Å². The molecule has 2 atom stereocenters. The maximum Gasteiger partial charge on any atom is 0.317 e. The Balaban J connectivity index is 1.72. The highest BCUT2D eigenvalue weighted by atomic mass is 32.1. The van der Waals surface area contributed by atoms with Crippen LogP contribution in [0.3, 0.4) is 0 Å². The Morgan fingerprint density at radius 1 is 0.923 bits per heavy atom. The molecule has 1 aromatic carbocycles. The van der Waals surface area contributed by atoms with Gasteiger partial charge >= 0.3 is 17.9 Å². The molecule has 2 aliphatic rings. The van der Waals surface area contributed by atoms with Crippen LogP contribution in [0, 0.1) is 0 Å². The molecule has 0 unspecified atom stereocenters. The number of carbonyl (C=O) groups is 3. The van der Waals surface area contributed by atoms with Crippen molar-refractivity contribution in [2.45, 2.75) is 37.9 Å². The molecule has 39 heavy (non-hydrogen) atoms. The van der Waals surface area contributed by atoms with Crippen LogP contribution in [0.15, 0.2) is 42.5 Å². The highest BCUT2D eigenvalue weighted by Crippen LogP contribution is 2.56. The molecule has 0 amide bonds. The maximum atomic E-state index is 12.0. The van der Waals surface area contributed by atoms with Crippen LogP contribution in [0.1, 0.15) is 36.2 Å². The summed E-state index contributed by atoms with van der Waals surface area (Å²) in [7, 11) is 0. The van der Waals surface area contributed by atoms with E-state index in [2.05, 4.69) is 5.32 Å². The Kier molecular flexibility index (Phi) is 8.90. The van der Waals surface area contributed by atoms with Gasteiger partial charge in [0.2, 0.25) is 0 Å². The number of carboxylic acids is 3. The molecule has 1 spiro atoms. The number of nitrogens with zero attached hydrogens (tertiary/aromatic N) is 4. The van der Waals surface area contributed by atoms with Crippen molar-refractivity contribution in [3.63, 3.8) is 0 Å². The smallest absolute Gasteiger partial charge is 0.317 e. The van der Waals surface area contributed by atoms with Gasteiger partial charge in [-0.25, -0.2) is 0 Å². The maximum absolute atomic E-state index is 12.0. The molecule has 0 saturated heterocycles. The minimum Gasteiger partial charge on any atom is -0.480 e. The van der Waals surface area contributed by atoms with Gasteiger partial charge in [-0.15, -0.1) is 0 Å². The summed E-state index contributed by atoms with van der Waals surface area (Å²) < 4.78 is 0. The lowest BCUT2D eigenvalue weighted by molar-refractivity contribution is -0.141. The number of anilines is 1. The number of aromatic nitrogens is 1. The zero-order valence-electron chi connectivity index (χ0n) is 21.7. The average Bonchev–Trinajstić information content (AvgIpc) is 3.56. The number of hydrogen-bond donors (Lipinski definition) is 4. The number of nitrogens with one attached hydrogen (secondary N) is 1. The van der Waals surface area contributed by atoms with Crippen molar-refractivity contribution < 1.29 is 29.7 Å². The number of thiocarbonyl (C=S) groups is 1. The molecule has 0 radical (unpaired) electrons. The summed E-state index contributed by atoms with van der Waals surface area (Å²) in [5.41, 5.74) is 2.59. The molecule has 12 heteroatoms. The molecule has 1 fully saturated rings. The number of hydrogen-bond acceptors (Lipinski definition) is 8. The van der Waals surface area contributed by atoms with Crippen molar-refractivity contribution in [1.29, 1.82) is 0 Å². The van der Waals surface area contributed by atoms with Crippen molar-refractivity contribution >= 4 is 40.8 Å². The van der Waals surface area contributed by atoms with E-state index in [-0.39, 0.29) is 38.6 Å². The Bertz CT molecular complexity index is 1240.